The summed E-state index contributed by atoms with van der Waals surface area (Å²) < 4.78 is 27.4. The van der Waals surface area contributed by atoms with Crippen molar-refractivity contribution < 1.29 is 13.2 Å². The molecular formula is C20H26N6O3S. The lowest BCUT2D eigenvalue weighted by Gasteiger charge is -2.34. The average molecular weight is 431 g/mol. The second-order valence-corrected chi connectivity index (χ2v) is 9.48. The maximum Gasteiger partial charge on any atom is 0.243 e. The van der Waals surface area contributed by atoms with E-state index in [0.717, 1.165) is 24.7 Å². The number of carbonyl (C=O) groups is 1. The summed E-state index contributed by atoms with van der Waals surface area (Å²) in [4.78, 5) is 15.6. The topological polar surface area (TPSA) is 98.7 Å². The van der Waals surface area contributed by atoms with E-state index in [2.05, 4.69) is 25.3 Å². The lowest BCUT2D eigenvalue weighted by atomic mass is 10.3. The third kappa shape index (κ3) is 4.39. The van der Waals surface area contributed by atoms with Crippen LogP contribution in [0.3, 0.4) is 0 Å². The Morgan fingerprint density at radius 2 is 1.37 bits per heavy atom. The van der Waals surface area contributed by atoms with Gasteiger partial charge in [-0.15, -0.1) is 10.2 Å². The number of hydrogen-bond donors (Lipinski definition) is 1. The van der Waals surface area contributed by atoms with E-state index in [1.807, 2.05) is 12.1 Å². The molecule has 1 N–H and O–H groups in total. The number of anilines is 3. The first-order valence-electron chi connectivity index (χ1n) is 10.1. The van der Waals surface area contributed by atoms with E-state index in [9.17, 15) is 13.2 Å². The summed E-state index contributed by atoms with van der Waals surface area (Å²) >= 11 is 0. The molecule has 1 aromatic carbocycles. The molecule has 1 amide bonds. The third-order valence-corrected chi connectivity index (χ3v) is 7.35. The minimum absolute atomic E-state index is 0.196. The quantitative estimate of drug-likeness (QED) is 0.768. The van der Waals surface area contributed by atoms with Gasteiger partial charge in [0.25, 0.3) is 0 Å². The Hall–Kier alpha value is -2.72. The summed E-state index contributed by atoms with van der Waals surface area (Å²) in [5.41, 5.74) is 0.572. The van der Waals surface area contributed by atoms with Gasteiger partial charge in [-0.2, -0.15) is 4.31 Å². The van der Waals surface area contributed by atoms with E-state index < -0.39 is 10.0 Å². The second-order valence-electron chi connectivity index (χ2n) is 7.54. The van der Waals surface area contributed by atoms with Crippen molar-refractivity contribution in [1.82, 2.24) is 14.5 Å². The first-order valence-corrected chi connectivity index (χ1v) is 11.6. The van der Waals surface area contributed by atoms with Gasteiger partial charge in [0.05, 0.1) is 4.90 Å². The standard InChI is InChI=1S/C20H26N6O3S/c1-16(27)21-17-4-6-18(7-5-17)30(28,29)26-14-12-25(13-15-26)20-9-8-19(22-23-20)24-10-2-3-11-24/h4-9H,2-3,10-15H2,1H3,(H,21,27). The smallest absolute Gasteiger partial charge is 0.243 e. The van der Waals surface area contributed by atoms with Crippen molar-refractivity contribution >= 4 is 33.3 Å². The number of hydrogen-bond acceptors (Lipinski definition) is 7. The molecule has 2 saturated heterocycles. The molecule has 160 valence electrons. The molecule has 0 unspecified atom stereocenters. The van der Waals surface area contributed by atoms with Gasteiger partial charge in [0.15, 0.2) is 11.6 Å². The number of sulfonamides is 1. The van der Waals surface area contributed by atoms with Crippen molar-refractivity contribution in [2.75, 3.05) is 54.4 Å². The summed E-state index contributed by atoms with van der Waals surface area (Å²) in [5, 5.41) is 11.3. The summed E-state index contributed by atoms with van der Waals surface area (Å²) in [6.45, 7) is 5.33. The fourth-order valence-electron chi connectivity index (χ4n) is 3.82. The van der Waals surface area contributed by atoms with Gasteiger partial charge in [-0.3, -0.25) is 4.79 Å². The number of rotatable bonds is 5. The van der Waals surface area contributed by atoms with Crippen molar-refractivity contribution in [3.63, 3.8) is 0 Å². The highest BCUT2D eigenvalue weighted by molar-refractivity contribution is 7.89. The molecule has 0 atom stereocenters. The number of carbonyl (C=O) groups excluding carboxylic acids is 1. The molecule has 1 aromatic heterocycles. The molecule has 0 bridgehead atoms. The van der Waals surface area contributed by atoms with Gasteiger partial charge >= 0.3 is 0 Å². The highest BCUT2D eigenvalue weighted by Gasteiger charge is 2.29. The average Bonchev–Trinajstić information content (AvgIpc) is 3.29. The number of amides is 1. The molecule has 2 aromatic rings. The zero-order chi connectivity index (χ0) is 21.1. The third-order valence-electron chi connectivity index (χ3n) is 5.44. The predicted octanol–water partition coefficient (Wildman–Crippen LogP) is 1.55. The lowest BCUT2D eigenvalue weighted by Crippen LogP contribution is -2.49. The van der Waals surface area contributed by atoms with Gasteiger partial charge < -0.3 is 15.1 Å². The Morgan fingerprint density at radius 3 is 1.87 bits per heavy atom. The van der Waals surface area contributed by atoms with Crippen LogP contribution >= 0.6 is 0 Å². The van der Waals surface area contributed by atoms with Gasteiger partial charge in [-0.25, -0.2) is 8.42 Å². The van der Waals surface area contributed by atoms with Gasteiger partial charge in [-0.05, 0) is 49.2 Å². The van der Waals surface area contributed by atoms with E-state index in [-0.39, 0.29) is 10.8 Å². The predicted molar refractivity (Wildman–Crippen MR) is 115 cm³/mol. The fourth-order valence-corrected chi connectivity index (χ4v) is 5.24. The van der Waals surface area contributed by atoms with Crippen LogP contribution in [0.5, 0.6) is 0 Å². The van der Waals surface area contributed by atoms with Crippen LogP contribution in [0.25, 0.3) is 0 Å². The number of nitrogens with one attached hydrogen (secondary N) is 1. The largest absolute Gasteiger partial charge is 0.355 e. The summed E-state index contributed by atoms with van der Waals surface area (Å²) in [6.07, 6.45) is 2.38. The monoisotopic (exact) mass is 430 g/mol. The van der Waals surface area contributed by atoms with Crippen molar-refractivity contribution in [1.29, 1.82) is 0 Å². The highest BCUT2D eigenvalue weighted by atomic mass is 32.2. The Bertz CT molecular complexity index is 980. The highest BCUT2D eigenvalue weighted by Crippen LogP contribution is 2.23. The second kappa shape index (κ2) is 8.57. The Morgan fingerprint density at radius 1 is 0.833 bits per heavy atom. The normalized spacial score (nSPS) is 17.9. The zero-order valence-electron chi connectivity index (χ0n) is 17.0. The van der Waals surface area contributed by atoms with Gasteiger partial charge in [0, 0.05) is 51.9 Å². The van der Waals surface area contributed by atoms with E-state index in [0.29, 0.717) is 31.9 Å². The Balaban J connectivity index is 1.38. The van der Waals surface area contributed by atoms with E-state index in [4.69, 9.17) is 0 Å². The first-order chi connectivity index (χ1) is 14.4. The molecule has 2 aliphatic heterocycles. The number of nitrogens with zero attached hydrogens (tertiary/aromatic N) is 5. The summed E-state index contributed by atoms with van der Waals surface area (Å²) in [6, 6.07) is 10.2. The van der Waals surface area contributed by atoms with Crippen molar-refractivity contribution in [2.45, 2.75) is 24.7 Å². The minimum atomic E-state index is -3.58. The summed E-state index contributed by atoms with van der Waals surface area (Å²) in [7, 11) is -3.58. The molecule has 2 aliphatic rings. The van der Waals surface area contributed by atoms with Crippen LogP contribution in [0.1, 0.15) is 19.8 Å². The van der Waals surface area contributed by atoms with E-state index in [1.165, 1.54) is 36.2 Å². The zero-order valence-corrected chi connectivity index (χ0v) is 17.8. The maximum atomic E-state index is 12.9. The van der Waals surface area contributed by atoms with Crippen LogP contribution in [-0.2, 0) is 14.8 Å². The molecule has 4 rings (SSSR count). The molecule has 9 nitrogen and oxygen atoms in total. The van der Waals surface area contributed by atoms with Crippen molar-refractivity contribution in [3.8, 4) is 0 Å². The van der Waals surface area contributed by atoms with E-state index >= 15 is 0 Å². The fraction of sp³-hybridized carbons (Fsp3) is 0.450. The lowest BCUT2D eigenvalue weighted by molar-refractivity contribution is -0.114. The van der Waals surface area contributed by atoms with Crippen LogP contribution in [-0.4, -0.2) is 68.1 Å². The molecule has 2 fully saturated rings. The molecule has 30 heavy (non-hydrogen) atoms. The minimum Gasteiger partial charge on any atom is -0.355 e. The van der Waals surface area contributed by atoms with Crippen molar-refractivity contribution in [3.05, 3.63) is 36.4 Å². The number of benzene rings is 1. The van der Waals surface area contributed by atoms with Crippen LogP contribution in [0, 0.1) is 0 Å². The molecule has 0 radical (unpaired) electrons. The van der Waals surface area contributed by atoms with Gasteiger partial charge in [-0.1, -0.05) is 0 Å². The first kappa shape index (κ1) is 20.5. The van der Waals surface area contributed by atoms with Crippen LogP contribution in [0.2, 0.25) is 0 Å². The van der Waals surface area contributed by atoms with Gasteiger partial charge in [0.2, 0.25) is 15.9 Å². The number of aromatic nitrogens is 2. The van der Waals surface area contributed by atoms with Crippen LogP contribution in [0.4, 0.5) is 17.3 Å². The van der Waals surface area contributed by atoms with E-state index in [1.54, 1.807) is 12.1 Å². The van der Waals surface area contributed by atoms with Gasteiger partial charge in [0.1, 0.15) is 0 Å². The van der Waals surface area contributed by atoms with Crippen LogP contribution < -0.4 is 15.1 Å². The molecule has 0 saturated carbocycles. The van der Waals surface area contributed by atoms with Crippen LogP contribution in [0.15, 0.2) is 41.3 Å². The summed E-state index contributed by atoms with van der Waals surface area (Å²) in [5.74, 6) is 1.48. The molecule has 0 spiro atoms. The molecule has 0 aliphatic carbocycles. The maximum absolute atomic E-state index is 12.9. The molecule has 10 heteroatoms. The molecule has 3 heterocycles. The Labute approximate surface area is 176 Å². The SMILES string of the molecule is CC(=O)Nc1ccc(S(=O)(=O)N2CCN(c3ccc(N4CCCC4)nn3)CC2)cc1. The van der Waals surface area contributed by atoms with Crippen molar-refractivity contribution in [2.24, 2.45) is 0 Å². The number of piperazine rings is 1. The Kier molecular flexibility index (Phi) is 5.87. The molecular weight excluding hydrogens is 404 g/mol.